The molecule has 1 atom stereocenters. The fourth-order valence-corrected chi connectivity index (χ4v) is 1.87. The van der Waals surface area contributed by atoms with E-state index in [9.17, 15) is 9.59 Å². The van der Waals surface area contributed by atoms with Crippen LogP contribution in [0.1, 0.15) is 30.6 Å². The summed E-state index contributed by atoms with van der Waals surface area (Å²) < 4.78 is 10.2. The molecule has 0 aliphatic rings. The summed E-state index contributed by atoms with van der Waals surface area (Å²) in [6, 6.07) is 4.41. The molecule has 0 radical (unpaired) electrons. The Morgan fingerprint density at radius 3 is 2.38 bits per heavy atom. The van der Waals surface area contributed by atoms with Gasteiger partial charge in [-0.1, -0.05) is 13.8 Å². The third-order valence-electron chi connectivity index (χ3n) is 3.17. The second-order valence-corrected chi connectivity index (χ2v) is 4.99. The first-order valence-electron chi connectivity index (χ1n) is 6.63. The van der Waals surface area contributed by atoms with Crippen molar-refractivity contribution in [1.29, 1.82) is 0 Å². The summed E-state index contributed by atoms with van der Waals surface area (Å²) in [7, 11) is 2.99. The Labute approximate surface area is 124 Å². The van der Waals surface area contributed by atoms with Gasteiger partial charge in [0.05, 0.1) is 26.2 Å². The van der Waals surface area contributed by atoms with Gasteiger partial charge in [-0.25, -0.2) is 0 Å². The molecule has 1 aromatic carbocycles. The van der Waals surface area contributed by atoms with Crippen LogP contribution >= 0.6 is 0 Å². The molecule has 0 aliphatic heterocycles. The van der Waals surface area contributed by atoms with Crippen molar-refractivity contribution < 1.29 is 24.2 Å². The number of amides is 1. The number of benzene rings is 1. The van der Waals surface area contributed by atoms with E-state index in [0.29, 0.717) is 17.1 Å². The zero-order valence-corrected chi connectivity index (χ0v) is 12.7. The molecule has 1 amide bonds. The molecule has 0 saturated heterocycles. The van der Waals surface area contributed by atoms with E-state index in [1.807, 2.05) is 13.8 Å². The lowest BCUT2D eigenvalue weighted by molar-refractivity contribution is -0.137. The molecule has 0 saturated carbocycles. The van der Waals surface area contributed by atoms with Gasteiger partial charge in [-0.3, -0.25) is 9.59 Å². The van der Waals surface area contributed by atoms with Crippen LogP contribution in [-0.4, -0.2) is 37.2 Å². The summed E-state index contributed by atoms with van der Waals surface area (Å²) in [5.74, 6) is -0.349. The van der Waals surface area contributed by atoms with Crippen LogP contribution in [0.5, 0.6) is 11.5 Å². The number of rotatable bonds is 7. The topological polar surface area (TPSA) is 84.9 Å². The Hall–Kier alpha value is -2.24. The van der Waals surface area contributed by atoms with Crippen LogP contribution in [0, 0.1) is 5.92 Å². The van der Waals surface area contributed by atoms with E-state index in [4.69, 9.17) is 14.6 Å². The molecule has 2 N–H and O–H groups in total. The van der Waals surface area contributed by atoms with Crippen LogP contribution in [0.4, 0.5) is 0 Å². The molecule has 0 spiro atoms. The standard InChI is InChI=1S/C15H21NO5/c1-9(2)12(8-14(17)18)16-15(19)11-6-5-10(20-3)7-13(11)21-4/h5-7,9,12H,8H2,1-4H3,(H,16,19)(H,17,18). The quantitative estimate of drug-likeness (QED) is 0.803. The molecule has 0 heterocycles. The highest BCUT2D eigenvalue weighted by Gasteiger charge is 2.22. The van der Waals surface area contributed by atoms with Crippen molar-refractivity contribution in [3.63, 3.8) is 0 Å². The summed E-state index contributed by atoms with van der Waals surface area (Å²) in [6.45, 7) is 3.72. The number of carbonyl (C=O) groups excluding carboxylic acids is 1. The Balaban J connectivity index is 2.94. The Morgan fingerprint density at radius 2 is 1.90 bits per heavy atom. The lowest BCUT2D eigenvalue weighted by Gasteiger charge is -2.21. The van der Waals surface area contributed by atoms with Gasteiger partial charge in [0.25, 0.3) is 5.91 Å². The first-order chi connectivity index (χ1) is 9.88. The smallest absolute Gasteiger partial charge is 0.305 e. The van der Waals surface area contributed by atoms with Crippen LogP contribution in [0.25, 0.3) is 0 Å². The molecule has 0 bridgehead atoms. The molecular weight excluding hydrogens is 274 g/mol. The lowest BCUT2D eigenvalue weighted by atomic mass is 10.0. The van der Waals surface area contributed by atoms with E-state index < -0.39 is 12.0 Å². The lowest BCUT2D eigenvalue weighted by Crippen LogP contribution is -2.40. The summed E-state index contributed by atoms with van der Waals surface area (Å²) in [5.41, 5.74) is 0.342. The van der Waals surface area contributed by atoms with Crippen molar-refractivity contribution in [2.45, 2.75) is 26.3 Å². The van der Waals surface area contributed by atoms with Crippen LogP contribution in [0.15, 0.2) is 18.2 Å². The Morgan fingerprint density at radius 1 is 1.24 bits per heavy atom. The van der Waals surface area contributed by atoms with E-state index in [-0.39, 0.29) is 18.2 Å². The van der Waals surface area contributed by atoms with Crippen molar-refractivity contribution in [3.05, 3.63) is 23.8 Å². The average molecular weight is 295 g/mol. The number of methoxy groups -OCH3 is 2. The molecular formula is C15H21NO5. The minimum absolute atomic E-state index is 0.00860. The van der Waals surface area contributed by atoms with Gasteiger partial charge in [0, 0.05) is 12.1 Å². The number of hydrogen-bond donors (Lipinski definition) is 2. The van der Waals surface area contributed by atoms with E-state index >= 15 is 0 Å². The zero-order valence-electron chi connectivity index (χ0n) is 12.7. The third kappa shape index (κ3) is 4.66. The highest BCUT2D eigenvalue weighted by atomic mass is 16.5. The van der Waals surface area contributed by atoms with Gasteiger partial charge >= 0.3 is 5.97 Å². The Kier molecular flexibility index (Phi) is 6.02. The summed E-state index contributed by atoms with van der Waals surface area (Å²) in [6.07, 6.45) is -0.123. The minimum atomic E-state index is -0.948. The Bertz CT molecular complexity index is 513. The number of ether oxygens (including phenoxy) is 2. The number of nitrogens with one attached hydrogen (secondary N) is 1. The molecule has 6 heteroatoms. The largest absolute Gasteiger partial charge is 0.497 e. The summed E-state index contributed by atoms with van der Waals surface area (Å²) in [5, 5.41) is 11.6. The van der Waals surface area contributed by atoms with Crippen molar-refractivity contribution >= 4 is 11.9 Å². The minimum Gasteiger partial charge on any atom is -0.497 e. The predicted molar refractivity (Wildman–Crippen MR) is 77.9 cm³/mol. The maximum absolute atomic E-state index is 12.3. The maximum atomic E-state index is 12.3. The molecule has 21 heavy (non-hydrogen) atoms. The number of carboxylic acids is 1. The fraction of sp³-hybridized carbons (Fsp3) is 0.467. The predicted octanol–water partition coefficient (Wildman–Crippen LogP) is 1.93. The SMILES string of the molecule is COc1ccc(C(=O)NC(CC(=O)O)C(C)C)c(OC)c1. The van der Waals surface area contributed by atoms with E-state index in [1.54, 1.807) is 18.2 Å². The van der Waals surface area contributed by atoms with E-state index in [1.165, 1.54) is 14.2 Å². The number of carbonyl (C=O) groups is 2. The van der Waals surface area contributed by atoms with Gasteiger partial charge in [-0.05, 0) is 18.1 Å². The molecule has 1 rings (SSSR count). The number of carboxylic acid groups (broad SMARTS) is 1. The second-order valence-electron chi connectivity index (χ2n) is 4.99. The van der Waals surface area contributed by atoms with Crippen molar-refractivity contribution in [1.82, 2.24) is 5.32 Å². The first-order valence-corrected chi connectivity index (χ1v) is 6.63. The van der Waals surface area contributed by atoms with Gasteiger partial charge in [0.15, 0.2) is 0 Å². The highest BCUT2D eigenvalue weighted by molar-refractivity contribution is 5.97. The van der Waals surface area contributed by atoms with Gasteiger partial charge < -0.3 is 19.9 Å². The van der Waals surface area contributed by atoms with E-state index in [2.05, 4.69) is 5.32 Å². The van der Waals surface area contributed by atoms with Crippen molar-refractivity contribution in [2.75, 3.05) is 14.2 Å². The second kappa shape index (κ2) is 7.52. The first kappa shape index (κ1) is 16.8. The third-order valence-corrected chi connectivity index (χ3v) is 3.17. The van der Waals surface area contributed by atoms with Crippen LogP contribution < -0.4 is 14.8 Å². The summed E-state index contributed by atoms with van der Waals surface area (Å²) in [4.78, 5) is 23.1. The molecule has 0 fully saturated rings. The molecule has 6 nitrogen and oxygen atoms in total. The average Bonchev–Trinajstić information content (AvgIpc) is 2.45. The van der Waals surface area contributed by atoms with Crippen molar-refractivity contribution in [2.24, 2.45) is 5.92 Å². The number of hydrogen-bond acceptors (Lipinski definition) is 4. The van der Waals surface area contributed by atoms with Gasteiger partial charge in [-0.2, -0.15) is 0 Å². The monoisotopic (exact) mass is 295 g/mol. The van der Waals surface area contributed by atoms with Gasteiger partial charge in [0.2, 0.25) is 0 Å². The summed E-state index contributed by atoms with van der Waals surface area (Å²) >= 11 is 0. The zero-order chi connectivity index (χ0) is 16.0. The van der Waals surface area contributed by atoms with Crippen molar-refractivity contribution in [3.8, 4) is 11.5 Å². The van der Waals surface area contributed by atoms with Crippen LogP contribution in [0.2, 0.25) is 0 Å². The normalized spacial score (nSPS) is 11.9. The highest BCUT2D eigenvalue weighted by Crippen LogP contribution is 2.24. The molecule has 1 aromatic rings. The van der Waals surface area contributed by atoms with E-state index in [0.717, 1.165) is 0 Å². The van der Waals surface area contributed by atoms with Crippen LogP contribution in [-0.2, 0) is 4.79 Å². The molecule has 0 aromatic heterocycles. The fourth-order valence-electron chi connectivity index (χ4n) is 1.87. The molecule has 1 unspecified atom stereocenters. The maximum Gasteiger partial charge on any atom is 0.305 e. The molecule has 0 aliphatic carbocycles. The number of aliphatic carboxylic acids is 1. The van der Waals surface area contributed by atoms with Gasteiger partial charge in [-0.15, -0.1) is 0 Å². The molecule has 116 valence electrons. The van der Waals surface area contributed by atoms with Gasteiger partial charge in [0.1, 0.15) is 11.5 Å². The van der Waals surface area contributed by atoms with Crippen LogP contribution in [0.3, 0.4) is 0 Å².